The molecule has 1 aromatic rings. The summed E-state index contributed by atoms with van der Waals surface area (Å²) in [5.41, 5.74) is 6.88. The van der Waals surface area contributed by atoms with E-state index in [9.17, 15) is 0 Å². The van der Waals surface area contributed by atoms with Crippen molar-refractivity contribution in [3.8, 4) is 0 Å². The zero-order valence-corrected chi connectivity index (χ0v) is 12.6. The van der Waals surface area contributed by atoms with Crippen molar-refractivity contribution in [1.82, 2.24) is 9.97 Å². The van der Waals surface area contributed by atoms with E-state index in [0.717, 1.165) is 29.7 Å². The average Bonchev–Trinajstić information content (AvgIpc) is 2.25. The Kier molecular flexibility index (Phi) is 3.97. The Bertz CT molecular complexity index is 444. The van der Waals surface area contributed by atoms with Crippen LogP contribution in [0.3, 0.4) is 0 Å². The molecule has 4 nitrogen and oxygen atoms in total. The molecule has 2 rings (SSSR count). The van der Waals surface area contributed by atoms with Crippen molar-refractivity contribution in [2.24, 2.45) is 5.92 Å². The van der Waals surface area contributed by atoms with E-state index in [4.69, 9.17) is 5.73 Å². The Morgan fingerprint density at radius 2 is 1.95 bits per heavy atom. The molecular formula is C15H26N4. The first-order chi connectivity index (χ1) is 8.88. The van der Waals surface area contributed by atoms with Crippen LogP contribution in [0.25, 0.3) is 0 Å². The van der Waals surface area contributed by atoms with Gasteiger partial charge in [0.2, 0.25) is 0 Å². The normalized spacial score (nSPS) is 16.2. The fourth-order valence-corrected chi connectivity index (χ4v) is 2.22. The van der Waals surface area contributed by atoms with Gasteiger partial charge in [-0.3, -0.25) is 0 Å². The predicted octanol–water partition coefficient (Wildman–Crippen LogP) is 3.27. The van der Waals surface area contributed by atoms with Crippen molar-refractivity contribution in [3.63, 3.8) is 0 Å². The van der Waals surface area contributed by atoms with Crippen LogP contribution in [0.4, 0.5) is 11.6 Å². The summed E-state index contributed by atoms with van der Waals surface area (Å²) in [6.45, 7) is 9.28. The molecule has 1 fully saturated rings. The Labute approximate surface area is 116 Å². The lowest BCUT2D eigenvalue weighted by atomic mass is 9.83. The Morgan fingerprint density at radius 3 is 2.47 bits per heavy atom. The summed E-state index contributed by atoms with van der Waals surface area (Å²) in [6.07, 6.45) is 5.41. The number of nitrogen functional groups attached to an aromatic ring is 1. The van der Waals surface area contributed by atoms with Crippen molar-refractivity contribution in [2.45, 2.75) is 58.8 Å². The molecule has 0 aliphatic heterocycles. The molecule has 0 saturated heterocycles. The lowest BCUT2D eigenvalue weighted by Crippen LogP contribution is -2.21. The van der Waals surface area contributed by atoms with Gasteiger partial charge in [0.15, 0.2) is 0 Å². The first-order valence-corrected chi connectivity index (χ1v) is 7.26. The zero-order valence-electron chi connectivity index (χ0n) is 12.6. The van der Waals surface area contributed by atoms with Crippen molar-refractivity contribution < 1.29 is 0 Å². The first kappa shape index (κ1) is 14.1. The lowest BCUT2D eigenvalue weighted by Gasteiger charge is -2.25. The summed E-state index contributed by atoms with van der Waals surface area (Å²) in [4.78, 5) is 9.04. The quantitative estimate of drug-likeness (QED) is 0.874. The Morgan fingerprint density at radius 1 is 1.26 bits per heavy atom. The Balaban J connectivity index is 2.07. The fraction of sp³-hybridized carbons (Fsp3) is 0.733. The van der Waals surface area contributed by atoms with Crippen LogP contribution in [0.2, 0.25) is 0 Å². The maximum atomic E-state index is 6.00. The molecule has 1 aliphatic rings. The van der Waals surface area contributed by atoms with E-state index in [1.807, 2.05) is 6.92 Å². The molecule has 1 saturated carbocycles. The number of nitrogens with one attached hydrogen (secondary N) is 1. The van der Waals surface area contributed by atoms with E-state index in [2.05, 4.69) is 36.1 Å². The second-order valence-electron chi connectivity index (χ2n) is 6.67. The summed E-state index contributed by atoms with van der Waals surface area (Å²) >= 11 is 0. The van der Waals surface area contributed by atoms with Gasteiger partial charge in [-0.25, -0.2) is 9.97 Å². The molecular weight excluding hydrogens is 236 g/mol. The van der Waals surface area contributed by atoms with Gasteiger partial charge in [0.1, 0.15) is 17.5 Å². The molecule has 19 heavy (non-hydrogen) atoms. The number of aromatic nitrogens is 2. The highest BCUT2D eigenvalue weighted by molar-refractivity contribution is 5.55. The minimum absolute atomic E-state index is 0.0772. The van der Waals surface area contributed by atoms with Crippen LogP contribution < -0.4 is 11.1 Å². The highest BCUT2D eigenvalue weighted by Crippen LogP contribution is 2.29. The molecule has 1 heterocycles. The Hall–Kier alpha value is -1.32. The van der Waals surface area contributed by atoms with Crippen LogP contribution >= 0.6 is 0 Å². The lowest BCUT2D eigenvalue weighted by molar-refractivity contribution is 0.303. The highest BCUT2D eigenvalue weighted by Gasteiger charge is 2.21. The van der Waals surface area contributed by atoms with Crippen molar-refractivity contribution >= 4 is 11.6 Å². The summed E-state index contributed by atoms with van der Waals surface area (Å²) < 4.78 is 0. The maximum absolute atomic E-state index is 6.00. The van der Waals surface area contributed by atoms with Gasteiger partial charge in [-0.2, -0.15) is 0 Å². The third-order valence-electron chi connectivity index (χ3n) is 3.92. The number of hydrogen-bond acceptors (Lipinski definition) is 4. The van der Waals surface area contributed by atoms with Crippen molar-refractivity contribution in [3.05, 3.63) is 11.4 Å². The van der Waals surface area contributed by atoms with Crippen LogP contribution in [0.1, 0.15) is 57.8 Å². The smallest absolute Gasteiger partial charge is 0.138 e. The molecule has 0 amide bonds. The van der Waals surface area contributed by atoms with E-state index in [1.54, 1.807) is 0 Å². The largest absolute Gasteiger partial charge is 0.383 e. The van der Waals surface area contributed by atoms with Crippen LogP contribution in [0, 0.1) is 12.8 Å². The van der Waals surface area contributed by atoms with E-state index in [0.29, 0.717) is 5.82 Å². The van der Waals surface area contributed by atoms with Crippen LogP contribution in [-0.4, -0.2) is 16.5 Å². The highest BCUT2D eigenvalue weighted by atomic mass is 15.1. The molecule has 0 bridgehead atoms. The third-order valence-corrected chi connectivity index (χ3v) is 3.92. The first-order valence-electron chi connectivity index (χ1n) is 7.26. The number of rotatable bonds is 4. The van der Waals surface area contributed by atoms with Crippen molar-refractivity contribution in [1.29, 1.82) is 0 Å². The van der Waals surface area contributed by atoms with Gasteiger partial charge >= 0.3 is 0 Å². The number of anilines is 2. The molecule has 4 heteroatoms. The summed E-state index contributed by atoms with van der Waals surface area (Å²) in [5.74, 6) is 3.21. The number of hydrogen-bond donors (Lipinski definition) is 2. The molecule has 1 aliphatic carbocycles. The topological polar surface area (TPSA) is 63.8 Å². The van der Waals surface area contributed by atoms with Gasteiger partial charge in [-0.15, -0.1) is 0 Å². The fourth-order valence-electron chi connectivity index (χ4n) is 2.22. The van der Waals surface area contributed by atoms with Gasteiger partial charge in [-0.05, 0) is 19.3 Å². The zero-order chi connectivity index (χ0) is 14.0. The second kappa shape index (κ2) is 5.35. The molecule has 106 valence electrons. The van der Waals surface area contributed by atoms with Crippen LogP contribution in [0.15, 0.2) is 0 Å². The molecule has 0 spiro atoms. The standard InChI is InChI=1S/C15H26N4/c1-10-12(16)18-14(15(2,3)4)19-13(10)17-9-8-11-6-5-7-11/h11H,5-9H2,1-4H3,(H3,16,17,18,19). The monoisotopic (exact) mass is 262 g/mol. The number of nitrogens with two attached hydrogens (primary N) is 1. The van der Waals surface area contributed by atoms with Gasteiger partial charge in [0, 0.05) is 17.5 Å². The van der Waals surface area contributed by atoms with Gasteiger partial charge < -0.3 is 11.1 Å². The molecule has 3 N–H and O–H groups in total. The van der Waals surface area contributed by atoms with Crippen LogP contribution in [-0.2, 0) is 5.41 Å². The van der Waals surface area contributed by atoms with E-state index in [-0.39, 0.29) is 5.41 Å². The number of nitrogens with zero attached hydrogens (tertiary/aromatic N) is 2. The predicted molar refractivity (Wildman–Crippen MR) is 80.3 cm³/mol. The maximum Gasteiger partial charge on any atom is 0.138 e. The van der Waals surface area contributed by atoms with Crippen molar-refractivity contribution in [2.75, 3.05) is 17.6 Å². The molecule has 0 radical (unpaired) electrons. The molecule has 0 aromatic carbocycles. The molecule has 0 atom stereocenters. The SMILES string of the molecule is Cc1c(N)nc(C(C)(C)C)nc1NCCC1CCC1. The summed E-state index contributed by atoms with van der Waals surface area (Å²) in [6, 6.07) is 0. The minimum Gasteiger partial charge on any atom is -0.383 e. The van der Waals surface area contributed by atoms with E-state index >= 15 is 0 Å². The van der Waals surface area contributed by atoms with Crippen LogP contribution in [0.5, 0.6) is 0 Å². The average molecular weight is 262 g/mol. The van der Waals surface area contributed by atoms with Gasteiger partial charge in [-0.1, -0.05) is 40.0 Å². The third kappa shape index (κ3) is 3.37. The molecule has 1 aromatic heterocycles. The summed E-state index contributed by atoms with van der Waals surface area (Å²) in [7, 11) is 0. The van der Waals surface area contributed by atoms with E-state index < -0.39 is 0 Å². The molecule has 0 unspecified atom stereocenters. The van der Waals surface area contributed by atoms with E-state index in [1.165, 1.54) is 25.7 Å². The second-order valence-corrected chi connectivity index (χ2v) is 6.67. The minimum atomic E-state index is -0.0772. The summed E-state index contributed by atoms with van der Waals surface area (Å²) in [5, 5.41) is 3.43. The van der Waals surface area contributed by atoms with Gasteiger partial charge in [0.25, 0.3) is 0 Å². The van der Waals surface area contributed by atoms with Gasteiger partial charge in [0.05, 0.1) is 0 Å².